The molecule has 3 rings (SSSR count). The molecule has 1 amide bonds. The first-order valence-corrected chi connectivity index (χ1v) is 9.68. The summed E-state index contributed by atoms with van der Waals surface area (Å²) in [6.45, 7) is 6.11. The van der Waals surface area contributed by atoms with Gasteiger partial charge in [0.15, 0.2) is 11.0 Å². The van der Waals surface area contributed by atoms with Gasteiger partial charge in [-0.25, -0.2) is 4.39 Å². The Morgan fingerprint density at radius 3 is 2.54 bits per heavy atom. The highest BCUT2D eigenvalue weighted by Gasteiger charge is 2.23. The van der Waals surface area contributed by atoms with Crippen LogP contribution >= 0.6 is 11.8 Å². The summed E-state index contributed by atoms with van der Waals surface area (Å²) in [5.41, 5.74) is 1.59. The normalized spacial score (nSPS) is 11.8. The number of rotatable bonds is 7. The van der Waals surface area contributed by atoms with Crippen molar-refractivity contribution in [2.75, 3.05) is 11.9 Å². The smallest absolute Gasteiger partial charge is 0.240 e. The van der Waals surface area contributed by atoms with E-state index in [-0.39, 0.29) is 17.0 Å². The van der Waals surface area contributed by atoms with E-state index in [0.717, 1.165) is 11.3 Å². The molecule has 0 saturated carbocycles. The van der Waals surface area contributed by atoms with Crippen LogP contribution in [0.1, 0.15) is 6.92 Å². The highest BCUT2D eigenvalue weighted by atomic mass is 32.2. The third-order valence-corrected chi connectivity index (χ3v) is 5.30. The van der Waals surface area contributed by atoms with Crippen molar-refractivity contribution in [2.24, 2.45) is 0 Å². The van der Waals surface area contributed by atoms with E-state index < -0.39 is 0 Å². The molecule has 0 fully saturated rings. The molecule has 1 atom stereocenters. The minimum Gasteiger partial charge on any atom is -0.315 e. The Morgan fingerprint density at radius 2 is 1.89 bits per heavy atom. The van der Waals surface area contributed by atoms with Crippen molar-refractivity contribution in [2.45, 2.75) is 23.9 Å². The summed E-state index contributed by atoms with van der Waals surface area (Å²) in [4.78, 5) is 14.4. The van der Waals surface area contributed by atoms with E-state index in [4.69, 9.17) is 0 Å². The lowest BCUT2D eigenvalue weighted by Gasteiger charge is -2.21. The lowest BCUT2D eigenvalue weighted by molar-refractivity contribution is -0.117. The van der Waals surface area contributed by atoms with Crippen molar-refractivity contribution in [3.63, 3.8) is 0 Å². The summed E-state index contributed by atoms with van der Waals surface area (Å²) >= 11 is 1.34. The van der Waals surface area contributed by atoms with Crippen LogP contribution < -0.4 is 4.90 Å². The van der Waals surface area contributed by atoms with Gasteiger partial charge in [-0.3, -0.25) is 9.36 Å². The molecule has 0 aliphatic carbocycles. The van der Waals surface area contributed by atoms with Gasteiger partial charge in [-0.15, -0.1) is 16.8 Å². The van der Waals surface area contributed by atoms with Crippen molar-refractivity contribution in [1.82, 2.24) is 14.8 Å². The number of nitrogens with zero attached hydrogens (tertiary/aromatic N) is 4. The summed E-state index contributed by atoms with van der Waals surface area (Å²) in [5, 5.41) is 8.75. The Balaban J connectivity index is 1.82. The standard InChI is InChI=1S/C21H21FN4OS/c1-4-14-26-19(16-10-12-17(22)13-11-16)23-24-21(26)28-15(2)20(27)25(3)18-8-6-5-7-9-18/h4-13,15H,1,14H2,2-3H3/t15-/m1/s1. The number of hydrogen-bond acceptors (Lipinski definition) is 4. The zero-order valence-electron chi connectivity index (χ0n) is 15.7. The van der Waals surface area contributed by atoms with Gasteiger partial charge >= 0.3 is 0 Å². The van der Waals surface area contributed by atoms with E-state index in [1.54, 1.807) is 30.2 Å². The predicted octanol–water partition coefficient (Wildman–Crippen LogP) is 4.41. The Hall–Kier alpha value is -2.93. The first-order chi connectivity index (χ1) is 13.5. The van der Waals surface area contributed by atoms with Crippen LogP contribution in [0.4, 0.5) is 10.1 Å². The van der Waals surface area contributed by atoms with Crippen LogP contribution in [0.5, 0.6) is 0 Å². The van der Waals surface area contributed by atoms with E-state index in [0.29, 0.717) is 17.5 Å². The number of amides is 1. The Labute approximate surface area is 167 Å². The van der Waals surface area contributed by atoms with Gasteiger partial charge in [0, 0.05) is 24.8 Å². The lowest BCUT2D eigenvalue weighted by Crippen LogP contribution is -2.33. The number of benzene rings is 2. The zero-order chi connectivity index (χ0) is 20.1. The fourth-order valence-electron chi connectivity index (χ4n) is 2.74. The molecular formula is C21H21FN4OS. The van der Waals surface area contributed by atoms with E-state index in [9.17, 15) is 9.18 Å². The monoisotopic (exact) mass is 396 g/mol. The molecule has 0 spiro atoms. The quantitative estimate of drug-likeness (QED) is 0.438. The Bertz CT molecular complexity index is 956. The number of thioether (sulfide) groups is 1. The maximum Gasteiger partial charge on any atom is 0.240 e. The highest BCUT2D eigenvalue weighted by Crippen LogP contribution is 2.28. The Morgan fingerprint density at radius 1 is 1.21 bits per heavy atom. The van der Waals surface area contributed by atoms with Gasteiger partial charge < -0.3 is 4.90 Å². The van der Waals surface area contributed by atoms with Crippen LogP contribution in [0.3, 0.4) is 0 Å². The van der Waals surface area contributed by atoms with Gasteiger partial charge in [0.05, 0.1) is 5.25 Å². The van der Waals surface area contributed by atoms with Crippen LogP contribution in [0, 0.1) is 5.82 Å². The number of aromatic nitrogens is 3. The number of carbonyl (C=O) groups excluding carboxylic acids is 1. The summed E-state index contributed by atoms with van der Waals surface area (Å²) in [5.74, 6) is 0.266. The lowest BCUT2D eigenvalue weighted by atomic mass is 10.2. The number of para-hydroxylation sites is 1. The maximum absolute atomic E-state index is 13.2. The summed E-state index contributed by atoms with van der Waals surface area (Å²) in [7, 11) is 1.76. The van der Waals surface area contributed by atoms with Gasteiger partial charge in [0.25, 0.3) is 0 Å². The number of halogens is 1. The second-order valence-electron chi connectivity index (χ2n) is 6.21. The molecule has 1 aromatic heterocycles. The number of allylic oxidation sites excluding steroid dienone is 1. The van der Waals surface area contributed by atoms with Crippen LogP contribution in [-0.2, 0) is 11.3 Å². The SMILES string of the molecule is C=CCn1c(S[C@H](C)C(=O)N(C)c2ccccc2)nnc1-c1ccc(F)cc1. The van der Waals surface area contributed by atoms with Gasteiger partial charge in [-0.1, -0.05) is 36.0 Å². The van der Waals surface area contributed by atoms with E-state index in [2.05, 4.69) is 16.8 Å². The van der Waals surface area contributed by atoms with E-state index >= 15 is 0 Å². The molecule has 2 aromatic carbocycles. The van der Waals surface area contributed by atoms with Crippen molar-refractivity contribution >= 4 is 23.4 Å². The summed E-state index contributed by atoms with van der Waals surface area (Å²) < 4.78 is 15.1. The van der Waals surface area contributed by atoms with Crippen molar-refractivity contribution in [1.29, 1.82) is 0 Å². The zero-order valence-corrected chi connectivity index (χ0v) is 16.6. The first-order valence-electron chi connectivity index (χ1n) is 8.80. The second kappa shape index (κ2) is 8.84. The molecule has 0 aliphatic heterocycles. The molecule has 0 N–H and O–H groups in total. The topological polar surface area (TPSA) is 51.0 Å². The van der Waals surface area contributed by atoms with Gasteiger partial charge in [-0.05, 0) is 43.3 Å². The predicted molar refractivity (Wildman–Crippen MR) is 111 cm³/mol. The third-order valence-electron chi connectivity index (χ3n) is 4.23. The molecule has 144 valence electrons. The number of anilines is 1. The summed E-state index contributed by atoms with van der Waals surface area (Å²) in [6, 6.07) is 15.6. The molecule has 7 heteroatoms. The molecule has 0 bridgehead atoms. The molecule has 0 radical (unpaired) electrons. The average molecular weight is 396 g/mol. The van der Waals surface area contributed by atoms with Gasteiger partial charge in [-0.2, -0.15) is 0 Å². The minimum absolute atomic E-state index is 0.0346. The van der Waals surface area contributed by atoms with Gasteiger partial charge in [0.2, 0.25) is 5.91 Å². The second-order valence-corrected chi connectivity index (χ2v) is 7.51. The fourth-order valence-corrected chi connectivity index (χ4v) is 3.69. The molecule has 28 heavy (non-hydrogen) atoms. The molecule has 1 heterocycles. The van der Waals surface area contributed by atoms with Crippen molar-refractivity contribution in [3.8, 4) is 11.4 Å². The molecule has 5 nitrogen and oxygen atoms in total. The minimum atomic E-state index is -0.362. The molecule has 0 aliphatic rings. The van der Waals surface area contributed by atoms with Gasteiger partial charge in [0.1, 0.15) is 5.82 Å². The number of hydrogen-bond donors (Lipinski definition) is 0. The summed E-state index contributed by atoms with van der Waals surface area (Å²) in [6.07, 6.45) is 1.74. The van der Waals surface area contributed by atoms with Crippen LogP contribution in [-0.4, -0.2) is 33.0 Å². The Kier molecular flexibility index (Phi) is 6.26. The van der Waals surface area contributed by atoms with Crippen LogP contribution in [0.25, 0.3) is 11.4 Å². The first kappa shape index (κ1) is 19.8. The maximum atomic E-state index is 13.2. The molecular weight excluding hydrogens is 375 g/mol. The fraction of sp³-hybridized carbons (Fsp3) is 0.190. The molecule has 0 saturated heterocycles. The largest absolute Gasteiger partial charge is 0.315 e. The average Bonchev–Trinajstić information content (AvgIpc) is 3.10. The van der Waals surface area contributed by atoms with Crippen LogP contribution in [0.15, 0.2) is 72.4 Å². The van der Waals surface area contributed by atoms with Crippen molar-refractivity contribution < 1.29 is 9.18 Å². The molecule has 0 unspecified atom stereocenters. The highest BCUT2D eigenvalue weighted by molar-refractivity contribution is 8.00. The van der Waals surface area contributed by atoms with E-state index in [1.165, 1.54) is 23.9 Å². The van der Waals surface area contributed by atoms with E-state index in [1.807, 2.05) is 41.8 Å². The third kappa shape index (κ3) is 4.31. The van der Waals surface area contributed by atoms with Crippen LogP contribution in [0.2, 0.25) is 0 Å². The van der Waals surface area contributed by atoms with Crippen molar-refractivity contribution in [3.05, 3.63) is 73.1 Å². The molecule has 3 aromatic rings. The number of carbonyl (C=O) groups is 1.